The third-order valence-corrected chi connectivity index (χ3v) is 11.7. The predicted octanol–water partition coefficient (Wildman–Crippen LogP) is 5.66. The molecule has 6 heteroatoms. The van der Waals surface area contributed by atoms with E-state index in [0.717, 1.165) is 57.1 Å². The van der Waals surface area contributed by atoms with Crippen molar-refractivity contribution in [2.24, 2.45) is 46.3 Å². The Kier molecular flexibility index (Phi) is 7.26. The molecule has 200 valence electrons. The van der Waals surface area contributed by atoms with Crippen LogP contribution in [0.15, 0.2) is 24.3 Å². The quantitative estimate of drug-likeness (QED) is 0.406. The summed E-state index contributed by atoms with van der Waals surface area (Å²) in [6.07, 6.45) is 6.44. The second-order valence-corrected chi connectivity index (χ2v) is 13.5. The second kappa shape index (κ2) is 9.87. The van der Waals surface area contributed by atoms with Crippen molar-refractivity contribution in [3.63, 3.8) is 0 Å². The molecule has 1 aromatic carbocycles. The minimum absolute atomic E-state index is 0.00534. The van der Waals surface area contributed by atoms with E-state index in [9.17, 15) is 20.1 Å². The maximum atomic E-state index is 12.6. The number of benzene rings is 1. The van der Waals surface area contributed by atoms with Crippen LogP contribution in [0.5, 0.6) is 0 Å². The maximum absolute atomic E-state index is 12.6. The van der Waals surface area contributed by atoms with Gasteiger partial charge in [-0.2, -0.15) is 0 Å². The number of rotatable bonds is 5. The highest BCUT2D eigenvalue weighted by Crippen LogP contribution is 2.68. The van der Waals surface area contributed by atoms with E-state index >= 15 is 0 Å². The van der Waals surface area contributed by atoms with Gasteiger partial charge in [0.05, 0.1) is 18.3 Å². The Balaban J connectivity index is 1.28. The van der Waals surface area contributed by atoms with Crippen molar-refractivity contribution < 1.29 is 20.1 Å². The summed E-state index contributed by atoms with van der Waals surface area (Å²) in [5, 5.41) is 37.0. The van der Waals surface area contributed by atoms with Gasteiger partial charge in [-0.3, -0.25) is 4.79 Å². The third-order valence-electron chi connectivity index (χ3n) is 11.5. The van der Waals surface area contributed by atoms with Crippen molar-refractivity contribution in [3.05, 3.63) is 29.3 Å². The van der Waals surface area contributed by atoms with E-state index in [-0.39, 0.29) is 34.9 Å². The lowest BCUT2D eigenvalue weighted by molar-refractivity contribution is -0.207. The molecule has 4 N–H and O–H groups in total. The predicted molar refractivity (Wildman–Crippen MR) is 142 cm³/mol. The third kappa shape index (κ3) is 4.42. The van der Waals surface area contributed by atoms with Crippen LogP contribution in [0.3, 0.4) is 0 Å². The summed E-state index contributed by atoms with van der Waals surface area (Å²) in [5.74, 6) is 1.81. The topological polar surface area (TPSA) is 89.8 Å². The first-order valence-electron chi connectivity index (χ1n) is 14.1. The molecule has 1 unspecified atom stereocenters. The molecule has 0 heterocycles. The summed E-state index contributed by atoms with van der Waals surface area (Å²) in [6, 6.07) is 7.22. The molecule has 5 nitrogen and oxygen atoms in total. The van der Waals surface area contributed by atoms with E-state index in [2.05, 4.69) is 26.1 Å². The van der Waals surface area contributed by atoms with E-state index in [1.54, 1.807) is 12.1 Å². The van der Waals surface area contributed by atoms with Gasteiger partial charge < -0.3 is 20.6 Å². The van der Waals surface area contributed by atoms with Crippen LogP contribution < -0.4 is 5.32 Å². The molecule has 0 aliphatic heterocycles. The largest absolute Gasteiger partial charge is 0.393 e. The van der Waals surface area contributed by atoms with E-state index in [0.29, 0.717) is 41.0 Å². The van der Waals surface area contributed by atoms with Crippen molar-refractivity contribution in [3.8, 4) is 0 Å². The highest BCUT2D eigenvalue weighted by atomic mass is 35.5. The number of hydrogen-bond acceptors (Lipinski definition) is 4. The highest BCUT2D eigenvalue weighted by molar-refractivity contribution is 6.30. The Morgan fingerprint density at radius 1 is 1.11 bits per heavy atom. The van der Waals surface area contributed by atoms with Gasteiger partial charge in [-0.1, -0.05) is 38.4 Å². The smallest absolute Gasteiger partial charge is 0.224 e. The number of aliphatic hydroxyl groups excluding tert-OH is 3. The van der Waals surface area contributed by atoms with Crippen LogP contribution in [0.2, 0.25) is 5.02 Å². The van der Waals surface area contributed by atoms with Crippen LogP contribution in [-0.4, -0.2) is 39.5 Å². The van der Waals surface area contributed by atoms with Crippen LogP contribution in [0.25, 0.3) is 0 Å². The van der Waals surface area contributed by atoms with Gasteiger partial charge in [-0.15, -0.1) is 0 Å². The SMILES string of the molecule is C[C@H](CCC(=O)Nc1cccc(Cl)c1)[C@H]1CC[C@H]2[C@H]3C(C[C@H](O)[C@]12C)[C@@]1(C)CC[C@@H](O)C[C@H]1C[C@H]3O. The lowest BCUT2D eigenvalue weighted by atomic mass is 9.43. The molecular formula is C30H44ClNO4. The zero-order chi connectivity index (χ0) is 25.8. The first kappa shape index (κ1) is 26.5. The second-order valence-electron chi connectivity index (χ2n) is 13.1. The Morgan fingerprint density at radius 2 is 1.89 bits per heavy atom. The molecule has 0 spiro atoms. The highest BCUT2D eigenvalue weighted by Gasteiger charge is 2.65. The van der Waals surface area contributed by atoms with Crippen LogP contribution in [0.1, 0.15) is 78.6 Å². The van der Waals surface area contributed by atoms with E-state index in [4.69, 9.17) is 11.6 Å². The summed E-state index contributed by atoms with van der Waals surface area (Å²) in [7, 11) is 0. The number of fused-ring (bicyclic) bond motifs is 5. The number of anilines is 1. The lowest BCUT2D eigenvalue weighted by Crippen LogP contribution is -2.62. The summed E-state index contributed by atoms with van der Waals surface area (Å²) in [5.41, 5.74) is 0.575. The van der Waals surface area contributed by atoms with Crippen LogP contribution >= 0.6 is 11.6 Å². The van der Waals surface area contributed by atoms with Crippen molar-refractivity contribution in [2.45, 2.75) is 96.9 Å². The summed E-state index contributed by atoms with van der Waals surface area (Å²) in [6.45, 7) is 6.88. The van der Waals surface area contributed by atoms with Gasteiger partial charge in [0.2, 0.25) is 5.91 Å². The first-order chi connectivity index (χ1) is 17.0. The van der Waals surface area contributed by atoms with Crippen LogP contribution in [0.4, 0.5) is 5.69 Å². The van der Waals surface area contributed by atoms with Crippen LogP contribution in [0, 0.1) is 46.3 Å². The summed E-state index contributed by atoms with van der Waals surface area (Å²) >= 11 is 6.04. The fraction of sp³-hybridized carbons (Fsp3) is 0.767. The molecule has 4 fully saturated rings. The van der Waals surface area contributed by atoms with Crippen LogP contribution in [-0.2, 0) is 4.79 Å². The summed E-state index contributed by atoms with van der Waals surface area (Å²) in [4.78, 5) is 12.6. The Labute approximate surface area is 221 Å². The molecule has 1 amide bonds. The monoisotopic (exact) mass is 517 g/mol. The van der Waals surface area contributed by atoms with E-state index in [1.165, 1.54) is 0 Å². The van der Waals surface area contributed by atoms with Crippen molar-refractivity contribution in [1.82, 2.24) is 0 Å². The molecule has 4 saturated carbocycles. The van der Waals surface area contributed by atoms with Gasteiger partial charge in [0.1, 0.15) is 0 Å². The molecule has 5 rings (SSSR count). The normalized spacial score (nSPS) is 44.8. The first-order valence-corrected chi connectivity index (χ1v) is 14.5. The molecule has 0 radical (unpaired) electrons. The number of carbonyl (C=O) groups excluding carboxylic acids is 1. The Hall–Kier alpha value is -1.14. The molecular weight excluding hydrogens is 474 g/mol. The molecule has 4 aliphatic rings. The van der Waals surface area contributed by atoms with Crippen molar-refractivity contribution >= 4 is 23.2 Å². The minimum Gasteiger partial charge on any atom is -0.393 e. The van der Waals surface area contributed by atoms with Gasteiger partial charge in [0, 0.05) is 17.1 Å². The number of halogens is 1. The molecule has 0 aromatic heterocycles. The molecule has 1 aromatic rings. The van der Waals surface area contributed by atoms with Crippen molar-refractivity contribution in [1.29, 1.82) is 0 Å². The number of nitrogens with one attached hydrogen (secondary N) is 1. The maximum Gasteiger partial charge on any atom is 0.224 e. The number of amides is 1. The van der Waals surface area contributed by atoms with Crippen molar-refractivity contribution in [2.75, 3.05) is 5.32 Å². The molecule has 11 atom stereocenters. The molecule has 4 aliphatic carbocycles. The van der Waals surface area contributed by atoms with Gasteiger partial charge in [-0.05, 0) is 116 Å². The zero-order valence-electron chi connectivity index (χ0n) is 22.0. The fourth-order valence-corrected chi connectivity index (χ4v) is 9.67. The number of carbonyl (C=O) groups is 1. The van der Waals surface area contributed by atoms with E-state index < -0.39 is 6.10 Å². The zero-order valence-corrected chi connectivity index (χ0v) is 22.8. The molecule has 36 heavy (non-hydrogen) atoms. The lowest BCUT2D eigenvalue weighted by Gasteiger charge is -2.63. The summed E-state index contributed by atoms with van der Waals surface area (Å²) < 4.78 is 0. The number of hydrogen-bond donors (Lipinski definition) is 4. The fourth-order valence-electron chi connectivity index (χ4n) is 9.48. The molecule has 0 bridgehead atoms. The Bertz CT molecular complexity index is 972. The number of aliphatic hydroxyl groups is 3. The van der Waals surface area contributed by atoms with Gasteiger partial charge in [0.15, 0.2) is 0 Å². The molecule has 0 saturated heterocycles. The minimum atomic E-state index is -0.395. The average Bonchev–Trinajstić information content (AvgIpc) is 3.18. The van der Waals surface area contributed by atoms with Gasteiger partial charge >= 0.3 is 0 Å². The van der Waals surface area contributed by atoms with E-state index in [1.807, 2.05) is 12.1 Å². The average molecular weight is 518 g/mol. The Morgan fingerprint density at radius 3 is 2.64 bits per heavy atom. The van der Waals surface area contributed by atoms with Gasteiger partial charge in [0.25, 0.3) is 0 Å². The standard InChI is InChI=1S/C30H44ClNO4/c1-17(7-10-27(36)32-20-6-4-5-19(31)15-20)22-8-9-23-28-24(16-26(35)30(22,23)3)29(2)12-11-21(33)13-18(29)14-25(28)34/h4-6,15,17-18,21-26,28,33-35H,7-14,16H2,1-3H3,(H,32,36)/t17-,18+,21-,22-,23+,24?,25-,26+,28+,29+,30-/m1/s1. The van der Waals surface area contributed by atoms with Gasteiger partial charge in [-0.25, -0.2) is 0 Å².